The Kier molecular flexibility index (Phi) is 3.82. The largest absolute Gasteiger partial charge is 0.408 e. The van der Waals surface area contributed by atoms with Crippen LogP contribution in [0.3, 0.4) is 0 Å². The van der Waals surface area contributed by atoms with Crippen LogP contribution >= 0.6 is 0 Å². The molecule has 0 spiro atoms. The summed E-state index contributed by atoms with van der Waals surface area (Å²) in [5.74, 6) is -1.06. The molecule has 0 unspecified atom stereocenters. The first kappa shape index (κ1) is 13.2. The van der Waals surface area contributed by atoms with Gasteiger partial charge in [-0.15, -0.1) is 0 Å². The van der Waals surface area contributed by atoms with E-state index >= 15 is 0 Å². The molecule has 3 nitrogen and oxygen atoms in total. The molecule has 1 aliphatic heterocycles. The van der Waals surface area contributed by atoms with Crippen molar-refractivity contribution in [3.8, 4) is 0 Å². The van der Waals surface area contributed by atoms with Crippen LogP contribution < -0.4 is 5.32 Å². The molecule has 0 bridgehead atoms. The van der Waals surface area contributed by atoms with Crippen LogP contribution in [-0.4, -0.2) is 42.2 Å². The van der Waals surface area contributed by atoms with Crippen molar-refractivity contribution in [2.45, 2.75) is 12.2 Å². The fourth-order valence-electron chi connectivity index (χ4n) is 2.12. The van der Waals surface area contributed by atoms with Gasteiger partial charge in [0.25, 0.3) is 0 Å². The molecule has 1 N–H and O–H groups in total. The Labute approximate surface area is 102 Å². The predicted molar refractivity (Wildman–Crippen MR) is 57.4 cm³/mol. The maximum Gasteiger partial charge on any atom is 0.408 e. The number of piperazine rings is 1. The molecule has 1 saturated heterocycles. The molecule has 7 heteroatoms. The van der Waals surface area contributed by atoms with E-state index in [9.17, 15) is 17.6 Å². The molecule has 1 atom stereocenters. The number of nitrogens with zero attached hydrogens (tertiary/aromatic N) is 2. The van der Waals surface area contributed by atoms with Crippen LogP contribution in [0.15, 0.2) is 18.3 Å². The molecule has 2 rings (SSSR count). The number of halogens is 4. The second kappa shape index (κ2) is 5.19. The van der Waals surface area contributed by atoms with Crippen molar-refractivity contribution in [2.75, 3.05) is 26.2 Å². The number of hydrogen-bond donors (Lipinski definition) is 1. The van der Waals surface area contributed by atoms with Crippen LogP contribution in [-0.2, 0) is 0 Å². The van der Waals surface area contributed by atoms with Crippen LogP contribution in [0.4, 0.5) is 17.6 Å². The molecule has 0 radical (unpaired) electrons. The summed E-state index contributed by atoms with van der Waals surface area (Å²) in [6.45, 7) is 1.40. The van der Waals surface area contributed by atoms with Crippen molar-refractivity contribution in [3.63, 3.8) is 0 Å². The van der Waals surface area contributed by atoms with Crippen LogP contribution in [0.25, 0.3) is 0 Å². The van der Waals surface area contributed by atoms with E-state index in [0.717, 1.165) is 12.3 Å². The van der Waals surface area contributed by atoms with Crippen molar-refractivity contribution in [1.29, 1.82) is 0 Å². The third-order valence-electron chi connectivity index (χ3n) is 2.91. The van der Waals surface area contributed by atoms with Crippen LogP contribution in [0.5, 0.6) is 0 Å². The molecule has 0 aromatic carbocycles. The summed E-state index contributed by atoms with van der Waals surface area (Å²) in [4.78, 5) is 4.53. The average Bonchev–Trinajstić information content (AvgIpc) is 2.32. The normalized spacial score (nSPS) is 19.8. The molecule has 100 valence electrons. The summed E-state index contributed by atoms with van der Waals surface area (Å²) in [6, 6.07) is 0.537. The molecular formula is C11H13F4N3. The summed E-state index contributed by atoms with van der Waals surface area (Å²) >= 11 is 0. The van der Waals surface area contributed by atoms with E-state index in [-0.39, 0.29) is 13.1 Å². The highest BCUT2D eigenvalue weighted by atomic mass is 19.4. The number of alkyl halides is 3. The van der Waals surface area contributed by atoms with Crippen LogP contribution in [0.2, 0.25) is 0 Å². The Morgan fingerprint density at radius 3 is 2.50 bits per heavy atom. The van der Waals surface area contributed by atoms with E-state index in [0.29, 0.717) is 13.1 Å². The molecular weight excluding hydrogens is 250 g/mol. The molecule has 0 amide bonds. The Balaban J connectivity index is 2.34. The zero-order chi connectivity index (χ0) is 13.2. The van der Waals surface area contributed by atoms with Crippen molar-refractivity contribution in [2.24, 2.45) is 0 Å². The van der Waals surface area contributed by atoms with Gasteiger partial charge in [-0.2, -0.15) is 17.6 Å². The third kappa shape index (κ3) is 2.78. The van der Waals surface area contributed by atoms with Crippen molar-refractivity contribution >= 4 is 0 Å². The fourth-order valence-corrected chi connectivity index (χ4v) is 2.12. The van der Waals surface area contributed by atoms with E-state index in [1.807, 2.05) is 0 Å². The minimum Gasteiger partial charge on any atom is -0.314 e. The Hall–Kier alpha value is -1.21. The fraction of sp³-hybridized carbons (Fsp3) is 0.545. The molecule has 1 aromatic heterocycles. The first-order valence-electron chi connectivity index (χ1n) is 5.62. The summed E-state index contributed by atoms with van der Waals surface area (Å²) in [5.41, 5.74) is -0.410. The maximum absolute atomic E-state index is 13.5. The number of pyridine rings is 1. The van der Waals surface area contributed by atoms with E-state index < -0.39 is 23.7 Å². The van der Waals surface area contributed by atoms with Gasteiger partial charge in [0.1, 0.15) is 6.04 Å². The van der Waals surface area contributed by atoms with E-state index in [2.05, 4.69) is 10.3 Å². The van der Waals surface area contributed by atoms with Gasteiger partial charge in [-0.05, 0) is 6.07 Å². The monoisotopic (exact) mass is 263 g/mol. The topological polar surface area (TPSA) is 28.2 Å². The maximum atomic E-state index is 13.5. The highest BCUT2D eigenvalue weighted by Gasteiger charge is 2.46. The first-order valence-corrected chi connectivity index (χ1v) is 5.62. The van der Waals surface area contributed by atoms with E-state index in [4.69, 9.17) is 0 Å². The van der Waals surface area contributed by atoms with Crippen LogP contribution in [0.1, 0.15) is 11.6 Å². The predicted octanol–water partition coefficient (Wildman–Crippen LogP) is 1.73. The van der Waals surface area contributed by atoms with Crippen molar-refractivity contribution in [1.82, 2.24) is 15.2 Å². The molecule has 1 aliphatic rings. The molecule has 1 fully saturated rings. The first-order chi connectivity index (χ1) is 8.50. The highest BCUT2D eigenvalue weighted by molar-refractivity contribution is 5.18. The Bertz CT molecular complexity index is 402. The minimum atomic E-state index is -4.51. The van der Waals surface area contributed by atoms with Gasteiger partial charge in [-0.25, -0.2) is 4.98 Å². The summed E-state index contributed by atoms with van der Waals surface area (Å²) in [7, 11) is 0. The number of rotatable bonds is 2. The lowest BCUT2D eigenvalue weighted by atomic mass is 10.1. The van der Waals surface area contributed by atoms with E-state index in [1.54, 1.807) is 0 Å². The van der Waals surface area contributed by atoms with E-state index in [1.165, 1.54) is 11.0 Å². The van der Waals surface area contributed by atoms with Crippen LogP contribution in [0, 0.1) is 5.95 Å². The highest BCUT2D eigenvalue weighted by Crippen LogP contribution is 2.38. The van der Waals surface area contributed by atoms with Gasteiger partial charge in [-0.3, -0.25) is 4.90 Å². The van der Waals surface area contributed by atoms with Gasteiger partial charge >= 0.3 is 6.18 Å². The summed E-state index contributed by atoms with van der Waals surface area (Å²) in [5, 5.41) is 2.97. The molecule has 1 aromatic rings. The zero-order valence-electron chi connectivity index (χ0n) is 9.54. The Morgan fingerprint density at radius 1 is 1.28 bits per heavy atom. The summed E-state index contributed by atoms with van der Waals surface area (Å²) in [6.07, 6.45) is -3.37. The molecule has 0 aliphatic carbocycles. The lowest BCUT2D eigenvalue weighted by Crippen LogP contribution is -2.49. The third-order valence-corrected chi connectivity index (χ3v) is 2.91. The van der Waals surface area contributed by atoms with Gasteiger partial charge in [0, 0.05) is 37.9 Å². The smallest absolute Gasteiger partial charge is 0.314 e. The molecule has 18 heavy (non-hydrogen) atoms. The summed E-state index contributed by atoms with van der Waals surface area (Å²) < 4.78 is 52.8. The van der Waals surface area contributed by atoms with Gasteiger partial charge < -0.3 is 5.32 Å². The van der Waals surface area contributed by atoms with Crippen molar-refractivity contribution in [3.05, 3.63) is 29.8 Å². The standard InChI is InChI=1S/C11H13F4N3/c12-10-8(2-1-3-17-10)9(11(13,14)15)18-6-4-16-5-7-18/h1-3,9,16H,4-7H2/t9-/m0/s1. The lowest BCUT2D eigenvalue weighted by molar-refractivity contribution is -0.188. The Morgan fingerprint density at radius 2 is 1.94 bits per heavy atom. The zero-order valence-corrected chi connectivity index (χ0v) is 9.54. The van der Waals surface area contributed by atoms with Crippen molar-refractivity contribution < 1.29 is 17.6 Å². The van der Waals surface area contributed by atoms with Gasteiger partial charge in [0.05, 0.1) is 0 Å². The number of hydrogen-bond acceptors (Lipinski definition) is 3. The number of nitrogens with one attached hydrogen (secondary N) is 1. The average molecular weight is 263 g/mol. The SMILES string of the molecule is Fc1ncccc1[C@H](N1CCNCC1)C(F)(F)F. The van der Waals surface area contributed by atoms with Gasteiger partial charge in [0.2, 0.25) is 5.95 Å². The second-order valence-corrected chi connectivity index (χ2v) is 4.11. The number of aromatic nitrogens is 1. The lowest BCUT2D eigenvalue weighted by Gasteiger charge is -2.36. The van der Waals surface area contributed by atoms with Gasteiger partial charge in [0.15, 0.2) is 0 Å². The molecule has 0 saturated carbocycles. The molecule has 2 heterocycles. The second-order valence-electron chi connectivity index (χ2n) is 4.11. The minimum absolute atomic E-state index is 0.235. The van der Waals surface area contributed by atoms with Gasteiger partial charge in [-0.1, -0.05) is 6.07 Å². The quantitative estimate of drug-likeness (QED) is 0.650.